The summed E-state index contributed by atoms with van der Waals surface area (Å²) in [6.07, 6.45) is -5.51. The van der Waals surface area contributed by atoms with Gasteiger partial charge in [0.1, 0.15) is 0 Å². The third-order valence-corrected chi connectivity index (χ3v) is 2.92. The van der Waals surface area contributed by atoms with Crippen molar-refractivity contribution in [2.24, 2.45) is 0 Å². The van der Waals surface area contributed by atoms with Gasteiger partial charge in [-0.1, -0.05) is 0 Å². The fraction of sp³-hybridized carbons (Fsp3) is 0.714. The van der Waals surface area contributed by atoms with Crippen LogP contribution in [0.1, 0.15) is 34.6 Å². The van der Waals surface area contributed by atoms with Crippen LogP contribution in [0.3, 0.4) is 0 Å². The topological polar surface area (TPSA) is 114 Å². The van der Waals surface area contributed by atoms with E-state index in [4.69, 9.17) is 23.7 Å². The Kier molecular flexibility index (Phi) is 6.49. The van der Waals surface area contributed by atoms with Crippen molar-refractivity contribution < 1.29 is 42.9 Å². The van der Waals surface area contributed by atoms with Crippen LogP contribution < -0.4 is 0 Å². The molecule has 1 aliphatic heterocycles. The first-order chi connectivity index (χ1) is 10.6. The third-order valence-electron chi connectivity index (χ3n) is 2.92. The van der Waals surface area contributed by atoms with Crippen molar-refractivity contribution in [1.29, 1.82) is 0 Å². The van der Waals surface area contributed by atoms with Crippen molar-refractivity contribution in [1.82, 2.24) is 0 Å². The lowest BCUT2D eigenvalue weighted by molar-refractivity contribution is -0.292. The predicted octanol–water partition coefficient (Wildman–Crippen LogP) is 0.0894. The van der Waals surface area contributed by atoms with Crippen LogP contribution in [-0.4, -0.2) is 54.6 Å². The van der Waals surface area contributed by atoms with E-state index in [0.29, 0.717) is 0 Å². The highest BCUT2D eigenvalue weighted by Crippen LogP contribution is 2.29. The molecule has 9 heteroatoms. The van der Waals surface area contributed by atoms with Crippen molar-refractivity contribution in [3.8, 4) is 0 Å². The van der Waals surface area contributed by atoms with Crippen LogP contribution in [0.4, 0.5) is 0 Å². The fourth-order valence-electron chi connectivity index (χ4n) is 2.23. The number of carbonyl (C=O) groups is 4. The number of hydrogen-bond donors (Lipinski definition) is 0. The minimum absolute atomic E-state index is 0.630. The van der Waals surface area contributed by atoms with Gasteiger partial charge < -0.3 is 23.7 Å². The average Bonchev–Trinajstić information content (AvgIpc) is 2.36. The van der Waals surface area contributed by atoms with Gasteiger partial charge in [-0.3, -0.25) is 19.2 Å². The maximum atomic E-state index is 11.4. The monoisotopic (exact) mass is 332 g/mol. The van der Waals surface area contributed by atoms with E-state index in [9.17, 15) is 19.2 Å². The van der Waals surface area contributed by atoms with E-state index in [-0.39, 0.29) is 0 Å². The molecule has 0 aromatic rings. The molecule has 5 atom stereocenters. The minimum Gasteiger partial charge on any atom is -0.456 e. The van der Waals surface area contributed by atoms with E-state index in [0.717, 1.165) is 20.8 Å². The molecule has 0 aromatic heterocycles. The number of carbonyl (C=O) groups excluding carboxylic acids is 4. The summed E-state index contributed by atoms with van der Waals surface area (Å²) in [6, 6.07) is 0. The van der Waals surface area contributed by atoms with E-state index in [2.05, 4.69) is 0 Å². The Morgan fingerprint density at radius 3 is 1.48 bits per heavy atom. The molecule has 1 heterocycles. The molecule has 9 nitrogen and oxygen atoms in total. The van der Waals surface area contributed by atoms with Crippen molar-refractivity contribution >= 4 is 23.9 Å². The number of esters is 4. The summed E-state index contributed by atoms with van der Waals surface area (Å²) < 4.78 is 25.7. The molecule has 0 radical (unpaired) electrons. The third kappa shape index (κ3) is 5.51. The predicted molar refractivity (Wildman–Crippen MR) is 72.8 cm³/mol. The largest absolute Gasteiger partial charge is 0.456 e. The molecule has 1 fully saturated rings. The zero-order chi connectivity index (χ0) is 17.7. The lowest BCUT2D eigenvalue weighted by Gasteiger charge is -2.42. The fourth-order valence-corrected chi connectivity index (χ4v) is 2.23. The van der Waals surface area contributed by atoms with E-state index in [1.54, 1.807) is 6.92 Å². The van der Waals surface area contributed by atoms with Gasteiger partial charge in [-0.2, -0.15) is 0 Å². The molecular formula is C14H20O9. The van der Waals surface area contributed by atoms with Crippen molar-refractivity contribution in [3.63, 3.8) is 0 Å². The van der Waals surface area contributed by atoms with Gasteiger partial charge >= 0.3 is 23.9 Å². The lowest BCUT2D eigenvalue weighted by atomic mass is 9.99. The summed E-state index contributed by atoms with van der Waals surface area (Å²) >= 11 is 0. The van der Waals surface area contributed by atoms with Gasteiger partial charge in [-0.15, -0.1) is 0 Å². The second kappa shape index (κ2) is 7.91. The summed E-state index contributed by atoms with van der Waals surface area (Å²) in [7, 11) is 0. The highest BCUT2D eigenvalue weighted by atomic mass is 16.7. The number of ether oxygens (including phenoxy) is 5. The van der Waals surface area contributed by atoms with Gasteiger partial charge in [0.25, 0.3) is 0 Å². The maximum Gasteiger partial charge on any atom is 0.305 e. The van der Waals surface area contributed by atoms with Crippen molar-refractivity contribution in [2.75, 3.05) is 0 Å². The smallest absolute Gasteiger partial charge is 0.305 e. The molecule has 1 saturated heterocycles. The van der Waals surface area contributed by atoms with Crippen LogP contribution in [-0.2, 0) is 42.9 Å². The van der Waals surface area contributed by atoms with Crippen LogP contribution in [0.15, 0.2) is 0 Å². The second-order valence-electron chi connectivity index (χ2n) is 5.04. The molecule has 0 bridgehead atoms. The number of hydrogen-bond acceptors (Lipinski definition) is 9. The van der Waals surface area contributed by atoms with Gasteiger partial charge in [0.05, 0.1) is 6.10 Å². The Labute approximate surface area is 133 Å². The molecule has 130 valence electrons. The molecule has 0 aromatic carbocycles. The first-order valence-corrected chi connectivity index (χ1v) is 6.96. The SMILES string of the molecule is CC(=O)O[C@@H]1O[C@@H](C)[C@H](OC(C)=O)[C@@H](OC(C)=O)[C@@H]1OC(C)=O. The van der Waals surface area contributed by atoms with Crippen LogP contribution in [0.25, 0.3) is 0 Å². The minimum atomic E-state index is -1.29. The highest BCUT2D eigenvalue weighted by molar-refractivity contribution is 5.69. The molecule has 0 amide bonds. The summed E-state index contributed by atoms with van der Waals surface area (Å²) in [6.45, 7) is 6.16. The quantitative estimate of drug-likeness (QED) is 0.521. The van der Waals surface area contributed by atoms with Crippen LogP contribution >= 0.6 is 0 Å². The average molecular weight is 332 g/mol. The number of rotatable bonds is 4. The summed E-state index contributed by atoms with van der Waals surface area (Å²) in [5.41, 5.74) is 0. The van der Waals surface area contributed by atoms with Gasteiger partial charge in [0, 0.05) is 27.7 Å². The zero-order valence-corrected chi connectivity index (χ0v) is 13.6. The Morgan fingerprint density at radius 1 is 0.652 bits per heavy atom. The lowest BCUT2D eigenvalue weighted by Crippen LogP contribution is -2.61. The van der Waals surface area contributed by atoms with Gasteiger partial charge in [-0.05, 0) is 6.92 Å². The standard InChI is InChI=1S/C14H20O9/c1-6-11(20-7(2)15)12(21-8(3)16)13(22-9(4)17)14(19-6)23-10(5)18/h6,11-14H,1-5H3/t6-,11-,12+,13-,14-/m0/s1. The molecule has 0 N–H and O–H groups in total. The zero-order valence-electron chi connectivity index (χ0n) is 13.6. The molecule has 0 unspecified atom stereocenters. The molecule has 0 saturated carbocycles. The van der Waals surface area contributed by atoms with E-state index in [1.165, 1.54) is 6.92 Å². The van der Waals surface area contributed by atoms with Gasteiger partial charge in [-0.25, -0.2) is 0 Å². The Balaban J connectivity index is 3.15. The highest BCUT2D eigenvalue weighted by Gasteiger charge is 2.51. The first kappa shape index (κ1) is 18.9. The normalized spacial score (nSPS) is 30.0. The van der Waals surface area contributed by atoms with E-state index in [1.807, 2.05) is 0 Å². The molecule has 1 aliphatic rings. The first-order valence-electron chi connectivity index (χ1n) is 6.96. The molecule has 1 rings (SSSR count). The Hall–Kier alpha value is -2.16. The summed E-state index contributed by atoms with van der Waals surface area (Å²) in [4.78, 5) is 45.1. The van der Waals surface area contributed by atoms with E-state index < -0.39 is 54.6 Å². The van der Waals surface area contributed by atoms with Gasteiger partial charge in [0.15, 0.2) is 12.2 Å². The van der Waals surface area contributed by atoms with Crippen LogP contribution in [0.2, 0.25) is 0 Å². The summed E-state index contributed by atoms with van der Waals surface area (Å²) in [5.74, 6) is -2.69. The van der Waals surface area contributed by atoms with Crippen LogP contribution in [0.5, 0.6) is 0 Å². The Morgan fingerprint density at radius 2 is 1.04 bits per heavy atom. The van der Waals surface area contributed by atoms with Crippen molar-refractivity contribution in [3.05, 3.63) is 0 Å². The molecule has 0 spiro atoms. The molecular weight excluding hydrogens is 312 g/mol. The maximum absolute atomic E-state index is 11.4. The summed E-state index contributed by atoms with van der Waals surface area (Å²) in [5, 5.41) is 0. The second-order valence-corrected chi connectivity index (χ2v) is 5.04. The van der Waals surface area contributed by atoms with Crippen molar-refractivity contribution in [2.45, 2.75) is 65.3 Å². The molecule has 23 heavy (non-hydrogen) atoms. The van der Waals surface area contributed by atoms with Crippen LogP contribution in [0, 0.1) is 0 Å². The Bertz CT molecular complexity index is 487. The van der Waals surface area contributed by atoms with Gasteiger partial charge in [0.2, 0.25) is 12.4 Å². The van der Waals surface area contributed by atoms with E-state index >= 15 is 0 Å². The molecule has 0 aliphatic carbocycles.